The monoisotopic (exact) mass is 274 g/mol. The Labute approximate surface area is 117 Å². The van der Waals surface area contributed by atoms with E-state index in [0.717, 1.165) is 6.42 Å². The van der Waals surface area contributed by atoms with Crippen molar-refractivity contribution in [1.82, 2.24) is 0 Å². The summed E-state index contributed by atoms with van der Waals surface area (Å²) in [7, 11) is 1.49. The molecule has 1 atom stereocenters. The van der Waals surface area contributed by atoms with Crippen molar-refractivity contribution in [3.63, 3.8) is 0 Å². The van der Waals surface area contributed by atoms with Crippen molar-refractivity contribution in [3.05, 3.63) is 64.2 Å². The fourth-order valence-corrected chi connectivity index (χ4v) is 2.04. The van der Waals surface area contributed by atoms with Gasteiger partial charge >= 0.3 is 5.63 Å². The van der Waals surface area contributed by atoms with Crippen molar-refractivity contribution in [1.29, 1.82) is 0 Å². The van der Waals surface area contributed by atoms with Crippen LogP contribution in [0.15, 0.2) is 51.7 Å². The van der Waals surface area contributed by atoms with Crippen molar-refractivity contribution in [3.8, 4) is 5.75 Å². The number of methoxy groups -OCH3 is 1. The van der Waals surface area contributed by atoms with Gasteiger partial charge in [-0.1, -0.05) is 30.3 Å². The topological polar surface area (TPSA) is 59.7 Å². The van der Waals surface area contributed by atoms with Crippen LogP contribution in [0, 0.1) is 0 Å². The van der Waals surface area contributed by atoms with Gasteiger partial charge in [-0.15, -0.1) is 0 Å². The van der Waals surface area contributed by atoms with Crippen molar-refractivity contribution in [2.45, 2.75) is 25.4 Å². The summed E-state index contributed by atoms with van der Waals surface area (Å²) < 4.78 is 10.1. The van der Waals surface area contributed by atoms with E-state index in [1.165, 1.54) is 18.7 Å². The van der Waals surface area contributed by atoms with Crippen molar-refractivity contribution in [2.24, 2.45) is 0 Å². The minimum Gasteiger partial charge on any atom is -0.496 e. The quantitative estimate of drug-likeness (QED) is 0.877. The first-order chi connectivity index (χ1) is 9.67. The zero-order valence-electron chi connectivity index (χ0n) is 11.4. The summed E-state index contributed by atoms with van der Waals surface area (Å²) in [5.41, 5.74) is 0.716. The number of ether oxygens (including phenoxy) is 1. The van der Waals surface area contributed by atoms with Crippen molar-refractivity contribution in [2.75, 3.05) is 7.11 Å². The van der Waals surface area contributed by atoms with Gasteiger partial charge in [0.05, 0.1) is 19.3 Å². The van der Waals surface area contributed by atoms with Crippen molar-refractivity contribution >= 4 is 0 Å². The van der Waals surface area contributed by atoms with Gasteiger partial charge in [0.25, 0.3) is 0 Å². The van der Waals surface area contributed by atoms with Gasteiger partial charge in [0.2, 0.25) is 0 Å². The smallest absolute Gasteiger partial charge is 0.339 e. The van der Waals surface area contributed by atoms with Gasteiger partial charge in [0.15, 0.2) is 0 Å². The molecule has 0 unspecified atom stereocenters. The molecule has 2 aromatic rings. The highest BCUT2D eigenvalue weighted by Crippen LogP contribution is 2.13. The second kappa shape index (κ2) is 6.91. The van der Waals surface area contributed by atoms with E-state index in [-0.39, 0.29) is 0 Å². The van der Waals surface area contributed by atoms with Crippen LogP contribution in [0.25, 0.3) is 0 Å². The van der Waals surface area contributed by atoms with E-state index in [9.17, 15) is 9.90 Å². The summed E-state index contributed by atoms with van der Waals surface area (Å²) in [6.45, 7) is 0. The Morgan fingerprint density at radius 2 is 2.00 bits per heavy atom. The van der Waals surface area contributed by atoms with Gasteiger partial charge in [-0.2, -0.15) is 0 Å². The number of hydrogen-bond donors (Lipinski definition) is 1. The van der Waals surface area contributed by atoms with Crippen LogP contribution in [-0.4, -0.2) is 18.3 Å². The molecule has 1 aromatic carbocycles. The van der Waals surface area contributed by atoms with Crippen molar-refractivity contribution < 1.29 is 14.3 Å². The maximum absolute atomic E-state index is 11.3. The molecule has 0 aliphatic rings. The van der Waals surface area contributed by atoms with Crippen LogP contribution in [0.1, 0.15) is 17.7 Å². The average molecular weight is 274 g/mol. The second-order valence-electron chi connectivity index (χ2n) is 4.66. The molecule has 0 saturated carbocycles. The molecule has 0 radical (unpaired) electrons. The number of rotatable bonds is 6. The summed E-state index contributed by atoms with van der Waals surface area (Å²) in [5, 5.41) is 10.0. The number of hydrogen-bond acceptors (Lipinski definition) is 4. The summed E-state index contributed by atoms with van der Waals surface area (Å²) in [6.07, 6.45) is 1.16. The number of aliphatic hydroxyl groups excluding tert-OH is 1. The molecule has 4 heteroatoms. The molecule has 0 bridgehead atoms. The Bertz CT molecular complexity index is 589. The molecular weight excluding hydrogens is 256 g/mol. The molecule has 0 fully saturated rings. The fraction of sp³-hybridized carbons (Fsp3) is 0.312. The molecule has 2 rings (SSSR count). The van der Waals surface area contributed by atoms with Gasteiger partial charge in [0.1, 0.15) is 11.5 Å². The number of aryl methyl sites for hydroxylation is 1. The summed E-state index contributed by atoms with van der Waals surface area (Å²) in [6, 6.07) is 12.9. The molecule has 1 aromatic heterocycles. The van der Waals surface area contributed by atoms with E-state index in [1.54, 1.807) is 6.07 Å². The normalized spacial score (nSPS) is 12.1. The zero-order valence-corrected chi connectivity index (χ0v) is 11.4. The molecule has 0 aliphatic carbocycles. The molecule has 1 N–H and O–H groups in total. The van der Waals surface area contributed by atoms with Crippen LogP contribution in [0.4, 0.5) is 0 Å². The maximum Gasteiger partial charge on any atom is 0.339 e. The van der Waals surface area contributed by atoms with Crippen LogP contribution in [0.2, 0.25) is 0 Å². The van der Waals surface area contributed by atoms with E-state index < -0.39 is 11.7 Å². The largest absolute Gasteiger partial charge is 0.496 e. The first-order valence-electron chi connectivity index (χ1n) is 6.57. The summed E-state index contributed by atoms with van der Waals surface area (Å²) in [5.74, 6) is 0.890. The Morgan fingerprint density at radius 3 is 2.70 bits per heavy atom. The Hall–Kier alpha value is -2.07. The van der Waals surface area contributed by atoms with Gasteiger partial charge in [-0.3, -0.25) is 0 Å². The van der Waals surface area contributed by atoms with E-state index >= 15 is 0 Å². The first-order valence-corrected chi connectivity index (χ1v) is 6.57. The molecule has 0 spiro atoms. The lowest BCUT2D eigenvalue weighted by atomic mass is 10.0. The van der Waals surface area contributed by atoms with Crippen LogP contribution in [0.5, 0.6) is 5.75 Å². The lowest BCUT2D eigenvalue weighted by molar-refractivity contribution is 0.156. The third kappa shape index (κ3) is 4.24. The predicted octanol–water partition coefficient (Wildman–Crippen LogP) is 2.18. The molecule has 0 aliphatic heterocycles. The van der Waals surface area contributed by atoms with E-state index in [4.69, 9.17) is 9.15 Å². The third-order valence-electron chi connectivity index (χ3n) is 3.08. The van der Waals surface area contributed by atoms with E-state index in [0.29, 0.717) is 24.4 Å². The Kier molecular flexibility index (Phi) is 4.96. The Morgan fingerprint density at radius 1 is 1.25 bits per heavy atom. The fourth-order valence-electron chi connectivity index (χ4n) is 2.04. The molecular formula is C16H18O4. The molecule has 106 valence electrons. The van der Waals surface area contributed by atoms with Gasteiger partial charge in [-0.05, 0) is 18.4 Å². The molecule has 0 saturated heterocycles. The van der Waals surface area contributed by atoms with Gasteiger partial charge in [0, 0.05) is 12.5 Å². The molecule has 1 heterocycles. The second-order valence-corrected chi connectivity index (χ2v) is 4.66. The highest BCUT2D eigenvalue weighted by atomic mass is 16.5. The van der Waals surface area contributed by atoms with Crippen LogP contribution >= 0.6 is 0 Å². The lowest BCUT2D eigenvalue weighted by Crippen LogP contribution is -2.13. The SMILES string of the molecule is COc1cc(C[C@H](O)CCc2ccccc2)oc(=O)c1. The average Bonchev–Trinajstić information content (AvgIpc) is 2.45. The summed E-state index contributed by atoms with van der Waals surface area (Å²) in [4.78, 5) is 11.3. The van der Waals surface area contributed by atoms with E-state index in [2.05, 4.69) is 0 Å². The predicted molar refractivity (Wildman–Crippen MR) is 76.0 cm³/mol. The minimum atomic E-state index is -0.550. The Balaban J connectivity index is 1.92. The highest BCUT2D eigenvalue weighted by molar-refractivity contribution is 5.21. The standard InChI is InChI=1S/C16H18O4/c1-19-14-10-15(20-16(18)11-14)9-13(17)8-7-12-5-3-2-4-6-12/h2-6,10-11,13,17H,7-9H2,1H3/t13-/m1/s1. The van der Waals surface area contributed by atoms with Crippen LogP contribution < -0.4 is 10.4 Å². The minimum absolute atomic E-state index is 0.305. The summed E-state index contributed by atoms with van der Waals surface area (Å²) >= 11 is 0. The zero-order chi connectivity index (χ0) is 14.4. The van der Waals surface area contributed by atoms with Crippen LogP contribution in [0.3, 0.4) is 0 Å². The maximum atomic E-state index is 11.3. The van der Waals surface area contributed by atoms with Crippen LogP contribution in [-0.2, 0) is 12.8 Å². The highest BCUT2D eigenvalue weighted by Gasteiger charge is 2.10. The van der Waals surface area contributed by atoms with E-state index in [1.807, 2.05) is 30.3 Å². The lowest BCUT2D eigenvalue weighted by Gasteiger charge is -2.10. The number of aliphatic hydroxyl groups is 1. The molecule has 4 nitrogen and oxygen atoms in total. The van der Waals surface area contributed by atoms with Gasteiger partial charge < -0.3 is 14.3 Å². The molecule has 20 heavy (non-hydrogen) atoms. The first kappa shape index (κ1) is 14.3. The van der Waals surface area contributed by atoms with Gasteiger partial charge in [-0.25, -0.2) is 4.79 Å². The number of benzene rings is 1. The molecule has 0 amide bonds. The third-order valence-corrected chi connectivity index (χ3v) is 3.08.